The van der Waals surface area contributed by atoms with Gasteiger partial charge >= 0.3 is 6.01 Å². The van der Waals surface area contributed by atoms with E-state index >= 15 is 0 Å². The molecule has 8 heteroatoms. The van der Waals surface area contributed by atoms with Crippen molar-refractivity contribution in [1.82, 2.24) is 19.3 Å². The predicted molar refractivity (Wildman–Crippen MR) is 83.1 cm³/mol. The van der Waals surface area contributed by atoms with Crippen LogP contribution in [0.4, 0.5) is 5.13 Å². The van der Waals surface area contributed by atoms with Gasteiger partial charge in [-0.25, -0.2) is 15.0 Å². The Bertz CT molecular complexity index is 572. The van der Waals surface area contributed by atoms with Crippen LogP contribution in [0.3, 0.4) is 0 Å². The van der Waals surface area contributed by atoms with E-state index in [1.165, 1.54) is 11.5 Å². The molecule has 118 valence electrons. The summed E-state index contributed by atoms with van der Waals surface area (Å²) in [7, 11) is 1.66. The minimum absolute atomic E-state index is 0.457. The number of hydrogen-bond acceptors (Lipinski definition) is 8. The number of piperidine rings is 1. The summed E-state index contributed by atoms with van der Waals surface area (Å²) in [5.74, 6) is 1.29. The Morgan fingerprint density at radius 2 is 2.05 bits per heavy atom. The third-order valence-electron chi connectivity index (χ3n) is 3.61. The average molecular weight is 321 g/mol. The maximum atomic E-state index is 5.64. The summed E-state index contributed by atoms with van der Waals surface area (Å²) in [6, 6.07) is 2.24. The number of nitrogens with zero attached hydrogens (tertiary/aromatic N) is 5. The number of anilines is 1. The van der Waals surface area contributed by atoms with E-state index < -0.39 is 0 Å². The number of hydrogen-bond donors (Lipinski definition) is 0. The molecule has 2 aromatic rings. The van der Waals surface area contributed by atoms with Gasteiger partial charge in [0.25, 0.3) is 0 Å². The molecule has 3 rings (SSSR count). The van der Waals surface area contributed by atoms with Gasteiger partial charge in [-0.3, -0.25) is 0 Å². The molecule has 0 atom stereocenters. The van der Waals surface area contributed by atoms with Crippen LogP contribution in [0.2, 0.25) is 0 Å². The van der Waals surface area contributed by atoms with Gasteiger partial charge in [0.2, 0.25) is 5.13 Å². The molecule has 1 aliphatic heterocycles. The maximum Gasteiger partial charge on any atom is 0.316 e. The molecule has 0 aromatic carbocycles. The first-order valence-electron chi connectivity index (χ1n) is 7.31. The Balaban J connectivity index is 1.45. The van der Waals surface area contributed by atoms with E-state index in [4.69, 9.17) is 9.47 Å². The summed E-state index contributed by atoms with van der Waals surface area (Å²) in [5.41, 5.74) is 0. The van der Waals surface area contributed by atoms with Crippen molar-refractivity contribution >= 4 is 16.7 Å². The second kappa shape index (κ2) is 7.46. The highest BCUT2D eigenvalue weighted by Gasteiger charge is 2.22. The number of methoxy groups -OCH3 is 1. The van der Waals surface area contributed by atoms with Gasteiger partial charge in [-0.1, -0.05) is 0 Å². The third kappa shape index (κ3) is 3.89. The largest absolute Gasteiger partial charge is 0.463 e. The Morgan fingerprint density at radius 1 is 1.27 bits per heavy atom. The molecule has 0 unspecified atom stereocenters. The zero-order valence-corrected chi connectivity index (χ0v) is 13.3. The van der Waals surface area contributed by atoms with E-state index in [0.717, 1.165) is 36.9 Å². The van der Waals surface area contributed by atoms with Crippen LogP contribution in [0.5, 0.6) is 6.01 Å². The first-order valence-corrected chi connectivity index (χ1v) is 8.09. The SMILES string of the molecule is COCc1nsc(N2CCC(COc3ncccn3)CC2)n1. The second-order valence-corrected chi connectivity index (χ2v) is 5.93. The van der Waals surface area contributed by atoms with Crippen molar-refractivity contribution in [3.8, 4) is 6.01 Å². The number of aromatic nitrogens is 4. The molecular weight excluding hydrogens is 302 g/mol. The van der Waals surface area contributed by atoms with Crippen LogP contribution in [0.15, 0.2) is 18.5 Å². The lowest BCUT2D eigenvalue weighted by Gasteiger charge is -2.31. The highest BCUT2D eigenvalue weighted by atomic mass is 32.1. The molecule has 0 radical (unpaired) electrons. The molecule has 22 heavy (non-hydrogen) atoms. The van der Waals surface area contributed by atoms with Gasteiger partial charge in [0, 0.05) is 44.1 Å². The van der Waals surface area contributed by atoms with Crippen LogP contribution in [0.1, 0.15) is 18.7 Å². The summed E-state index contributed by atoms with van der Waals surface area (Å²) in [6.45, 7) is 3.09. The lowest BCUT2D eigenvalue weighted by atomic mass is 9.98. The first-order chi connectivity index (χ1) is 10.8. The van der Waals surface area contributed by atoms with Gasteiger partial charge in [-0.05, 0) is 24.8 Å². The van der Waals surface area contributed by atoms with Crippen LogP contribution in [-0.4, -0.2) is 46.1 Å². The fourth-order valence-corrected chi connectivity index (χ4v) is 3.13. The van der Waals surface area contributed by atoms with Crippen LogP contribution in [-0.2, 0) is 11.3 Å². The van der Waals surface area contributed by atoms with Gasteiger partial charge in [0.05, 0.1) is 6.61 Å². The molecule has 3 heterocycles. The Morgan fingerprint density at radius 3 is 2.77 bits per heavy atom. The molecule has 0 amide bonds. The van der Waals surface area contributed by atoms with Gasteiger partial charge in [-0.15, -0.1) is 0 Å². The van der Waals surface area contributed by atoms with Crippen LogP contribution < -0.4 is 9.64 Å². The van der Waals surface area contributed by atoms with Crippen LogP contribution >= 0.6 is 11.5 Å². The molecular formula is C14H19N5O2S. The lowest BCUT2D eigenvalue weighted by Crippen LogP contribution is -2.35. The van der Waals surface area contributed by atoms with Crippen LogP contribution in [0, 0.1) is 5.92 Å². The summed E-state index contributed by atoms with van der Waals surface area (Å²) in [4.78, 5) is 14.9. The molecule has 0 aliphatic carbocycles. The molecule has 0 N–H and O–H groups in total. The normalized spacial score (nSPS) is 16.0. The molecule has 0 bridgehead atoms. The second-order valence-electron chi connectivity index (χ2n) is 5.20. The van der Waals surface area contributed by atoms with Crippen molar-refractivity contribution in [3.63, 3.8) is 0 Å². The van der Waals surface area contributed by atoms with E-state index in [-0.39, 0.29) is 0 Å². The predicted octanol–water partition coefficient (Wildman–Crippen LogP) is 1.77. The molecule has 0 spiro atoms. The van der Waals surface area contributed by atoms with Crippen molar-refractivity contribution < 1.29 is 9.47 Å². The van der Waals surface area contributed by atoms with Crippen molar-refractivity contribution in [2.45, 2.75) is 19.4 Å². The van der Waals surface area contributed by atoms with Gasteiger partial charge in [-0.2, -0.15) is 4.37 Å². The summed E-state index contributed by atoms with van der Waals surface area (Å²) in [5, 5.41) is 0.984. The Labute approximate surface area is 133 Å². The Kier molecular flexibility index (Phi) is 5.12. The number of ether oxygens (including phenoxy) is 2. The number of rotatable bonds is 6. The smallest absolute Gasteiger partial charge is 0.316 e. The molecule has 1 fully saturated rings. The highest BCUT2D eigenvalue weighted by molar-refractivity contribution is 7.09. The first kappa shape index (κ1) is 15.1. The zero-order valence-electron chi connectivity index (χ0n) is 12.5. The lowest BCUT2D eigenvalue weighted by molar-refractivity contribution is 0.179. The minimum atomic E-state index is 0.457. The minimum Gasteiger partial charge on any atom is -0.463 e. The van der Waals surface area contributed by atoms with E-state index in [9.17, 15) is 0 Å². The third-order valence-corrected chi connectivity index (χ3v) is 4.42. The fourth-order valence-electron chi connectivity index (χ4n) is 2.40. The monoisotopic (exact) mass is 321 g/mol. The topological polar surface area (TPSA) is 73.3 Å². The molecule has 1 aliphatic rings. The average Bonchev–Trinajstić information content (AvgIpc) is 3.03. The Hall–Kier alpha value is -1.80. The zero-order chi connectivity index (χ0) is 15.2. The van der Waals surface area contributed by atoms with E-state index in [1.807, 2.05) is 0 Å². The maximum absolute atomic E-state index is 5.64. The molecule has 7 nitrogen and oxygen atoms in total. The fraction of sp³-hybridized carbons (Fsp3) is 0.571. The summed E-state index contributed by atoms with van der Waals surface area (Å²) in [6.07, 6.45) is 5.54. The van der Waals surface area contributed by atoms with Crippen LogP contribution in [0.25, 0.3) is 0 Å². The van der Waals surface area contributed by atoms with Gasteiger partial charge in [0.15, 0.2) is 5.82 Å². The standard InChI is InChI=1S/C14H19N5O2S/c1-20-10-12-17-14(22-18-12)19-7-3-11(4-8-19)9-21-13-15-5-2-6-16-13/h2,5-6,11H,3-4,7-10H2,1H3. The van der Waals surface area contributed by atoms with Gasteiger partial charge in [0.1, 0.15) is 6.61 Å². The van der Waals surface area contributed by atoms with Crippen molar-refractivity contribution in [1.29, 1.82) is 0 Å². The highest BCUT2D eigenvalue weighted by Crippen LogP contribution is 2.25. The van der Waals surface area contributed by atoms with Crippen molar-refractivity contribution in [2.75, 3.05) is 31.7 Å². The quantitative estimate of drug-likeness (QED) is 0.802. The molecule has 0 saturated carbocycles. The summed E-state index contributed by atoms with van der Waals surface area (Å²) >= 11 is 1.44. The molecule has 1 saturated heterocycles. The summed E-state index contributed by atoms with van der Waals surface area (Å²) < 4.78 is 15.0. The van der Waals surface area contributed by atoms with E-state index in [1.54, 1.807) is 25.6 Å². The van der Waals surface area contributed by atoms with Crippen molar-refractivity contribution in [2.24, 2.45) is 5.92 Å². The van der Waals surface area contributed by atoms with E-state index in [2.05, 4.69) is 24.2 Å². The van der Waals surface area contributed by atoms with Crippen molar-refractivity contribution in [3.05, 3.63) is 24.3 Å². The molecule has 2 aromatic heterocycles. The van der Waals surface area contributed by atoms with Gasteiger partial charge < -0.3 is 14.4 Å². The van der Waals surface area contributed by atoms with E-state index in [0.29, 0.717) is 25.1 Å².